The number of hydrogen-bond acceptors (Lipinski definition) is 6. The maximum absolute atomic E-state index is 13.4. The monoisotopic (exact) mass is 522 g/mol. The van der Waals surface area contributed by atoms with Gasteiger partial charge in [0, 0.05) is 10.4 Å². The highest BCUT2D eigenvalue weighted by molar-refractivity contribution is 7.89. The van der Waals surface area contributed by atoms with Gasteiger partial charge in [-0.05, 0) is 62.2 Å². The van der Waals surface area contributed by atoms with E-state index in [2.05, 4.69) is 10.0 Å². The lowest BCUT2D eigenvalue weighted by Crippen LogP contribution is -2.43. The van der Waals surface area contributed by atoms with Crippen molar-refractivity contribution in [2.24, 2.45) is 0 Å². The first-order valence-corrected chi connectivity index (χ1v) is 13.0. The van der Waals surface area contributed by atoms with Gasteiger partial charge in [-0.25, -0.2) is 22.0 Å². The molecule has 0 radical (unpaired) electrons. The summed E-state index contributed by atoms with van der Waals surface area (Å²) >= 11 is 1.12. The van der Waals surface area contributed by atoms with E-state index < -0.39 is 39.6 Å². The molecule has 7 nitrogen and oxygen atoms in total. The number of rotatable bonds is 9. The van der Waals surface area contributed by atoms with Crippen LogP contribution in [0, 0.1) is 18.6 Å². The van der Waals surface area contributed by atoms with Crippen LogP contribution in [0.15, 0.2) is 53.4 Å². The Morgan fingerprint density at radius 1 is 1.00 bits per heavy atom. The highest BCUT2D eigenvalue weighted by atomic mass is 32.2. The van der Waals surface area contributed by atoms with Gasteiger partial charge in [-0.3, -0.25) is 4.79 Å². The number of esters is 1. The number of halogens is 2. The van der Waals surface area contributed by atoms with Gasteiger partial charge in [0.1, 0.15) is 28.2 Å². The summed E-state index contributed by atoms with van der Waals surface area (Å²) in [6, 6.07) is 8.59. The van der Waals surface area contributed by atoms with Crippen LogP contribution in [0.1, 0.15) is 35.5 Å². The van der Waals surface area contributed by atoms with Crippen LogP contribution < -0.4 is 10.0 Å². The van der Waals surface area contributed by atoms with E-state index in [0.29, 0.717) is 16.0 Å². The van der Waals surface area contributed by atoms with Crippen molar-refractivity contribution < 1.29 is 31.5 Å². The molecule has 1 amide bonds. The van der Waals surface area contributed by atoms with E-state index in [1.807, 2.05) is 0 Å². The molecule has 0 spiro atoms. The number of benzene rings is 2. The number of amides is 1. The van der Waals surface area contributed by atoms with E-state index in [-0.39, 0.29) is 28.5 Å². The molecule has 0 saturated carbocycles. The van der Waals surface area contributed by atoms with E-state index in [4.69, 9.17) is 4.74 Å². The minimum atomic E-state index is -4.11. The Morgan fingerprint density at radius 3 is 2.11 bits per heavy atom. The van der Waals surface area contributed by atoms with Gasteiger partial charge in [0.25, 0.3) is 0 Å². The number of hydrogen-bond donors (Lipinski definition) is 2. The van der Waals surface area contributed by atoms with Crippen LogP contribution in [-0.2, 0) is 19.6 Å². The number of carbonyl (C=O) groups excluding carboxylic acids is 2. The van der Waals surface area contributed by atoms with Crippen LogP contribution in [0.3, 0.4) is 0 Å². The Labute approximate surface area is 206 Å². The van der Waals surface area contributed by atoms with E-state index in [0.717, 1.165) is 35.6 Å². The molecule has 0 bridgehead atoms. The summed E-state index contributed by atoms with van der Waals surface area (Å²) in [6.07, 6.45) is 0.107. The molecular weight excluding hydrogens is 498 g/mol. The lowest BCUT2D eigenvalue weighted by Gasteiger charge is -2.17. The first-order valence-electron chi connectivity index (χ1n) is 10.7. The van der Waals surface area contributed by atoms with Gasteiger partial charge in [0.2, 0.25) is 15.9 Å². The van der Waals surface area contributed by atoms with Gasteiger partial charge in [-0.15, -0.1) is 11.3 Å². The molecule has 3 aromatic rings. The molecule has 0 aliphatic carbocycles. The average molecular weight is 523 g/mol. The molecule has 3 rings (SSSR count). The first-order chi connectivity index (χ1) is 16.6. The van der Waals surface area contributed by atoms with Crippen molar-refractivity contribution in [2.75, 3.05) is 11.9 Å². The van der Waals surface area contributed by atoms with Crippen molar-refractivity contribution in [3.63, 3.8) is 0 Å². The highest BCUT2D eigenvalue weighted by Gasteiger charge is 2.29. The van der Waals surface area contributed by atoms with Gasteiger partial charge in [-0.1, -0.05) is 19.1 Å². The second-order valence-electron chi connectivity index (χ2n) is 7.49. The largest absolute Gasteiger partial charge is 0.462 e. The zero-order valence-corrected chi connectivity index (χ0v) is 20.9. The van der Waals surface area contributed by atoms with Crippen LogP contribution >= 0.6 is 11.3 Å². The first kappa shape index (κ1) is 26.5. The zero-order valence-electron chi connectivity index (χ0n) is 19.2. The van der Waals surface area contributed by atoms with Crippen molar-refractivity contribution in [3.05, 3.63) is 70.6 Å². The smallest absolute Gasteiger partial charge is 0.341 e. The fourth-order valence-electron chi connectivity index (χ4n) is 3.39. The number of aryl methyl sites for hydroxylation is 1. The highest BCUT2D eigenvalue weighted by Crippen LogP contribution is 2.40. The Balaban J connectivity index is 1.93. The van der Waals surface area contributed by atoms with Crippen molar-refractivity contribution in [1.82, 2.24) is 4.72 Å². The summed E-state index contributed by atoms with van der Waals surface area (Å²) < 4.78 is 59.5. The van der Waals surface area contributed by atoms with Crippen LogP contribution in [0.4, 0.5) is 13.8 Å². The number of thiophene rings is 1. The van der Waals surface area contributed by atoms with E-state index in [1.165, 1.54) is 24.3 Å². The molecule has 1 atom stereocenters. The van der Waals surface area contributed by atoms with Crippen LogP contribution in [0.2, 0.25) is 0 Å². The fourth-order valence-corrected chi connectivity index (χ4v) is 5.73. The van der Waals surface area contributed by atoms with E-state index in [1.54, 1.807) is 20.8 Å². The van der Waals surface area contributed by atoms with Crippen molar-refractivity contribution in [1.29, 1.82) is 0 Å². The Hall–Kier alpha value is -3.15. The number of nitrogens with one attached hydrogen (secondary N) is 2. The Morgan fingerprint density at radius 2 is 1.57 bits per heavy atom. The third kappa shape index (κ3) is 6.11. The van der Waals surface area contributed by atoms with E-state index in [9.17, 15) is 26.8 Å². The van der Waals surface area contributed by atoms with Crippen molar-refractivity contribution >= 4 is 38.2 Å². The molecule has 1 unspecified atom stereocenters. The minimum absolute atomic E-state index is 0.0963. The van der Waals surface area contributed by atoms with Gasteiger partial charge in [0.05, 0.1) is 11.5 Å². The van der Waals surface area contributed by atoms with Gasteiger partial charge >= 0.3 is 5.97 Å². The molecule has 11 heteroatoms. The molecule has 1 aromatic heterocycles. The summed E-state index contributed by atoms with van der Waals surface area (Å²) in [5.74, 6) is -2.39. The average Bonchev–Trinajstić information content (AvgIpc) is 3.13. The van der Waals surface area contributed by atoms with Crippen molar-refractivity contribution in [3.8, 4) is 11.1 Å². The standard InChI is InChI=1S/C24H24F2N2O5S2/c1-4-19(28-35(31,32)18-12-10-17(26)11-13-18)22(29)27-23-21(24(30)33-5-2)20(14(3)34-23)15-6-8-16(25)9-7-15/h6-13,19,28H,4-5H2,1-3H3,(H,27,29). The SMILES string of the molecule is CCOC(=O)c1c(NC(=O)C(CC)NS(=O)(=O)c2ccc(F)cc2)sc(C)c1-c1ccc(F)cc1. The minimum Gasteiger partial charge on any atom is -0.462 e. The molecule has 0 aliphatic rings. The molecule has 0 aliphatic heterocycles. The summed E-state index contributed by atoms with van der Waals surface area (Å²) in [7, 11) is -4.11. The number of sulfonamides is 1. The molecule has 1 heterocycles. The maximum Gasteiger partial charge on any atom is 0.341 e. The quantitative estimate of drug-likeness (QED) is 0.390. The summed E-state index contributed by atoms with van der Waals surface area (Å²) in [5.41, 5.74) is 1.15. The van der Waals surface area contributed by atoms with Crippen LogP contribution in [0.25, 0.3) is 11.1 Å². The van der Waals surface area contributed by atoms with Crippen molar-refractivity contribution in [2.45, 2.75) is 38.1 Å². The third-order valence-corrected chi connectivity index (χ3v) is 7.59. The molecule has 2 aromatic carbocycles. The van der Waals surface area contributed by atoms with Gasteiger partial charge in [0.15, 0.2) is 0 Å². The molecule has 186 valence electrons. The number of ether oxygens (including phenoxy) is 1. The van der Waals surface area contributed by atoms with Gasteiger partial charge in [-0.2, -0.15) is 4.72 Å². The van der Waals surface area contributed by atoms with E-state index >= 15 is 0 Å². The number of carbonyl (C=O) groups is 2. The Kier molecular flexibility index (Phi) is 8.36. The number of anilines is 1. The van der Waals surface area contributed by atoms with Gasteiger partial charge < -0.3 is 10.1 Å². The second-order valence-corrected chi connectivity index (χ2v) is 10.4. The topological polar surface area (TPSA) is 102 Å². The predicted molar refractivity (Wildman–Crippen MR) is 130 cm³/mol. The zero-order chi connectivity index (χ0) is 25.8. The molecule has 0 saturated heterocycles. The molecule has 35 heavy (non-hydrogen) atoms. The van der Waals surface area contributed by atoms with Crippen LogP contribution in [0.5, 0.6) is 0 Å². The normalized spacial score (nSPS) is 12.3. The third-order valence-electron chi connectivity index (χ3n) is 5.08. The van der Waals surface area contributed by atoms with Crippen LogP contribution in [-0.4, -0.2) is 32.9 Å². The molecule has 2 N–H and O–H groups in total. The summed E-state index contributed by atoms with van der Waals surface area (Å²) in [4.78, 5) is 26.4. The summed E-state index contributed by atoms with van der Waals surface area (Å²) in [5, 5.41) is 2.83. The maximum atomic E-state index is 13.4. The summed E-state index contributed by atoms with van der Waals surface area (Å²) in [6.45, 7) is 5.10. The fraction of sp³-hybridized carbons (Fsp3) is 0.250. The molecular formula is C24H24F2N2O5S2. The lowest BCUT2D eigenvalue weighted by molar-refractivity contribution is -0.117. The lowest BCUT2D eigenvalue weighted by atomic mass is 10.0. The predicted octanol–water partition coefficient (Wildman–Crippen LogP) is 4.87. The Bertz CT molecular complexity index is 1320. The second kappa shape index (κ2) is 11.1. The molecule has 0 fully saturated rings.